The zero-order chi connectivity index (χ0) is 43.6. The van der Waals surface area contributed by atoms with E-state index in [0.717, 1.165) is 23.3 Å². The summed E-state index contributed by atoms with van der Waals surface area (Å²) in [7, 11) is 5.38. The fourth-order valence-electron chi connectivity index (χ4n) is 9.68. The fourth-order valence-corrected chi connectivity index (χ4v) is 9.68. The SMILES string of the molecule is C=C1[C@H](C)C[C@@](C)(OC)[C@H](O[C@@H]2O[C@H](C)C[C@H](N(C)C)[C@H]2O)[C@@H](C)C(=O)[C@@H](C)C(=O)O[C@H](CC)[C@@]2(C)OC(=O)N(CCC[C@@H](C)n3cnc(-c4c[c-]cnc4)c3)[C@H]2[C@H]1C.[Y]. The zero-order valence-corrected chi connectivity index (χ0v) is 40.6. The van der Waals surface area contributed by atoms with Crippen molar-refractivity contribution in [3.05, 3.63) is 49.2 Å². The van der Waals surface area contributed by atoms with Crippen LogP contribution in [0, 0.1) is 29.7 Å². The van der Waals surface area contributed by atoms with Gasteiger partial charge in [0.05, 0.1) is 30.2 Å². The Morgan fingerprint density at radius 1 is 1.13 bits per heavy atom. The first kappa shape index (κ1) is 50.1. The van der Waals surface area contributed by atoms with E-state index in [9.17, 15) is 19.5 Å². The number of imidazole rings is 1. The zero-order valence-electron chi connectivity index (χ0n) is 37.8. The Bertz CT molecular complexity index is 1780. The van der Waals surface area contributed by atoms with Gasteiger partial charge in [-0.3, -0.25) is 14.6 Å². The Balaban J connectivity index is 0.00000794. The first-order valence-corrected chi connectivity index (χ1v) is 21.3. The largest absolute Gasteiger partial charge is 0.458 e. The number of esters is 1. The van der Waals surface area contributed by atoms with E-state index < -0.39 is 71.5 Å². The van der Waals surface area contributed by atoms with Crippen molar-refractivity contribution in [3.63, 3.8) is 0 Å². The molecule has 1 radical (unpaired) electrons. The summed E-state index contributed by atoms with van der Waals surface area (Å²) in [5.74, 6) is -3.69. The maximum absolute atomic E-state index is 14.4. The van der Waals surface area contributed by atoms with Gasteiger partial charge in [0.25, 0.3) is 0 Å². The van der Waals surface area contributed by atoms with Crippen molar-refractivity contribution < 1.29 is 75.9 Å². The molecule has 1 amide bonds. The van der Waals surface area contributed by atoms with Crippen LogP contribution in [-0.4, -0.2) is 129 Å². The van der Waals surface area contributed by atoms with Crippen molar-refractivity contribution in [1.29, 1.82) is 0 Å². The van der Waals surface area contributed by atoms with Gasteiger partial charge in [0.2, 0.25) is 0 Å². The molecule has 5 rings (SSSR count). The number of aromatic nitrogens is 3. The molecule has 331 valence electrons. The van der Waals surface area contributed by atoms with Gasteiger partial charge in [-0.1, -0.05) is 46.0 Å². The van der Waals surface area contributed by atoms with Crippen LogP contribution >= 0.6 is 0 Å². The quantitative estimate of drug-likeness (QED) is 0.117. The average molecular weight is 912 g/mol. The molecule has 14 atom stereocenters. The van der Waals surface area contributed by atoms with Crippen LogP contribution in [0.5, 0.6) is 0 Å². The molecule has 14 nitrogen and oxygen atoms in total. The minimum Gasteiger partial charge on any atom is -0.458 e. The Morgan fingerprint density at radius 2 is 1.83 bits per heavy atom. The van der Waals surface area contributed by atoms with Crippen molar-refractivity contribution in [2.75, 3.05) is 27.7 Å². The maximum atomic E-state index is 14.4. The van der Waals surface area contributed by atoms with E-state index in [1.165, 1.54) is 6.92 Å². The second-order valence-electron chi connectivity index (χ2n) is 17.9. The molecule has 3 aliphatic rings. The van der Waals surface area contributed by atoms with Crippen LogP contribution in [0.3, 0.4) is 0 Å². The van der Waals surface area contributed by atoms with E-state index in [1.54, 1.807) is 37.7 Å². The minimum atomic E-state index is -1.25. The van der Waals surface area contributed by atoms with Gasteiger partial charge in [-0.2, -0.15) is 0 Å². The minimum absolute atomic E-state index is 0. The van der Waals surface area contributed by atoms with Crippen LogP contribution in [-0.2, 0) is 66.0 Å². The summed E-state index contributed by atoms with van der Waals surface area (Å²) in [6, 6.07) is 4.13. The van der Waals surface area contributed by atoms with Crippen LogP contribution in [0.25, 0.3) is 11.3 Å². The number of hydrogen-bond donors (Lipinski definition) is 1. The molecule has 0 saturated carbocycles. The molecule has 0 aromatic carbocycles. The number of ether oxygens (including phenoxy) is 5. The van der Waals surface area contributed by atoms with Crippen LogP contribution in [0.15, 0.2) is 43.1 Å². The summed E-state index contributed by atoms with van der Waals surface area (Å²) < 4.78 is 33.8. The molecule has 0 aliphatic carbocycles. The van der Waals surface area contributed by atoms with Crippen molar-refractivity contribution in [3.8, 4) is 11.3 Å². The second-order valence-corrected chi connectivity index (χ2v) is 17.9. The molecular formula is C45H68N5O9Y-. The Morgan fingerprint density at radius 3 is 2.45 bits per heavy atom. The van der Waals surface area contributed by atoms with Gasteiger partial charge >= 0.3 is 12.1 Å². The molecule has 3 fully saturated rings. The van der Waals surface area contributed by atoms with E-state index in [1.807, 2.05) is 65.9 Å². The van der Waals surface area contributed by atoms with E-state index in [2.05, 4.69) is 41.0 Å². The molecule has 60 heavy (non-hydrogen) atoms. The molecular weight excluding hydrogens is 843 g/mol. The van der Waals surface area contributed by atoms with E-state index in [0.29, 0.717) is 32.2 Å². The molecule has 2 aromatic rings. The molecule has 5 heterocycles. The number of rotatable bonds is 11. The second kappa shape index (κ2) is 20.7. The predicted octanol–water partition coefficient (Wildman–Crippen LogP) is 6.27. The summed E-state index contributed by atoms with van der Waals surface area (Å²) >= 11 is 0. The number of aliphatic hydroxyl groups is 1. The summed E-state index contributed by atoms with van der Waals surface area (Å²) in [6.45, 7) is 22.0. The van der Waals surface area contributed by atoms with Gasteiger partial charge in [-0.25, -0.2) is 16.9 Å². The number of Topliss-reactive ketones (excluding diaryl/α,β-unsaturated/α-hetero) is 1. The molecule has 0 spiro atoms. The van der Waals surface area contributed by atoms with Gasteiger partial charge in [0.15, 0.2) is 17.7 Å². The van der Waals surface area contributed by atoms with E-state index in [4.69, 9.17) is 23.7 Å². The first-order valence-electron chi connectivity index (χ1n) is 21.3. The van der Waals surface area contributed by atoms with Gasteiger partial charge in [-0.15, -0.1) is 5.56 Å². The van der Waals surface area contributed by atoms with Crippen molar-refractivity contribution >= 4 is 17.8 Å². The number of carbonyl (C=O) groups is 3. The molecule has 2 aromatic heterocycles. The Labute approximate surface area is 382 Å². The van der Waals surface area contributed by atoms with E-state index >= 15 is 0 Å². The molecule has 3 aliphatic heterocycles. The topological polar surface area (TPSA) is 155 Å². The Hall–Kier alpha value is -2.59. The molecule has 15 heteroatoms. The monoisotopic (exact) mass is 911 g/mol. The predicted molar refractivity (Wildman–Crippen MR) is 222 cm³/mol. The number of hydrogen-bond acceptors (Lipinski definition) is 12. The van der Waals surface area contributed by atoms with Gasteiger partial charge in [-0.05, 0) is 92.9 Å². The van der Waals surface area contributed by atoms with Crippen LogP contribution in [0.1, 0.15) is 100 Å². The Kier molecular flexibility index (Phi) is 17.3. The summed E-state index contributed by atoms with van der Waals surface area (Å²) in [4.78, 5) is 54.9. The molecule has 1 N–H and O–H groups in total. The van der Waals surface area contributed by atoms with Gasteiger partial charge in [0, 0.05) is 82.2 Å². The van der Waals surface area contributed by atoms with Crippen LogP contribution in [0.2, 0.25) is 0 Å². The first-order chi connectivity index (χ1) is 27.8. The summed E-state index contributed by atoms with van der Waals surface area (Å²) in [6.07, 6.45) is 5.32. The maximum Gasteiger partial charge on any atom is 0.410 e. The summed E-state index contributed by atoms with van der Waals surface area (Å²) in [5.41, 5.74) is 0.171. The number of carbonyl (C=O) groups excluding carboxylic acids is 3. The number of cyclic esters (lactones) is 1. The third-order valence-corrected chi connectivity index (χ3v) is 13.5. The number of nitrogens with zero attached hydrogens (tertiary/aromatic N) is 5. The fraction of sp³-hybridized carbons (Fsp3) is 0.711. The number of methoxy groups -OCH3 is 1. The third-order valence-electron chi connectivity index (χ3n) is 13.5. The molecule has 0 unspecified atom stereocenters. The number of ketones is 1. The average Bonchev–Trinajstić information content (AvgIpc) is 3.81. The molecule has 3 saturated heterocycles. The standard InChI is InChI=1S/C45H68N5O9.Y/c1-14-36-45(10)39(50(43(54)59-45)20-16-17-27(3)49-24-34(47-25-49)33-18-15-19-46-23-33)30(6)29(5)26(2)22-44(9,55-13)40(31(7)37(51)32(8)41(53)57-36)58-42-38(52)35(48(11)12)21-28(4)56-42;/h18-19,23-28,30-32,35-36,38-40,42,52H,5,14,16-17,20-22H2,1-4,6-13H3;/q-1;/t26-,27-,28-,30+,31+,32-,35+,36-,38-,39+,40-,42+,44-,45-;/m1./s1. The number of fused-ring (bicyclic) bond motifs is 1. The molecule has 0 bridgehead atoms. The third kappa shape index (κ3) is 10.4. The smallest absolute Gasteiger partial charge is 0.410 e. The summed E-state index contributed by atoms with van der Waals surface area (Å²) in [5, 5.41) is 11.5. The van der Waals surface area contributed by atoms with Gasteiger partial charge in [0.1, 0.15) is 18.1 Å². The van der Waals surface area contributed by atoms with Gasteiger partial charge < -0.3 is 48.1 Å². The van der Waals surface area contributed by atoms with Crippen molar-refractivity contribution in [2.24, 2.45) is 23.7 Å². The number of aliphatic hydroxyl groups excluding tert-OH is 1. The normalized spacial score (nSPS) is 36.2. The number of amides is 1. The van der Waals surface area contributed by atoms with Crippen molar-refractivity contribution in [1.82, 2.24) is 24.3 Å². The van der Waals surface area contributed by atoms with E-state index in [-0.39, 0.29) is 62.7 Å². The van der Waals surface area contributed by atoms with Crippen LogP contribution in [0.4, 0.5) is 4.79 Å². The number of pyridine rings is 1. The van der Waals surface area contributed by atoms with Crippen LogP contribution < -0.4 is 0 Å². The number of likely N-dealkylation sites (N-methyl/N-ethyl adjacent to an activating group) is 1. The van der Waals surface area contributed by atoms with Crippen molar-refractivity contribution in [2.45, 2.75) is 154 Å².